The van der Waals surface area contributed by atoms with Gasteiger partial charge in [0.1, 0.15) is 17.2 Å². The lowest BCUT2D eigenvalue weighted by Crippen LogP contribution is -2.11. The van der Waals surface area contributed by atoms with Gasteiger partial charge < -0.3 is 19.5 Å². The molecule has 1 N–H and O–H groups in total. The zero-order valence-electron chi connectivity index (χ0n) is 13.7. The van der Waals surface area contributed by atoms with Crippen molar-refractivity contribution in [2.24, 2.45) is 0 Å². The normalized spacial score (nSPS) is 10.8. The van der Waals surface area contributed by atoms with E-state index in [1.165, 1.54) is 38.5 Å². The largest absolute Gasteiger partial charge is 0.497 e. The summed E-state index contributed by atoms with van der Waals surface area (Å²) in [7, 11) is 3.05. The summed E-state index contributed by atoms with van der Waals surface area (Å²) in [4.78, 5) is 12.0. The van der Waals surface area contributed by atoms with Crippen LogP contribution in [0.15, 0.2) is 48.5 Å². The molecule has 5 nitrogen and oxygen atoms in total. The van der Waals surface area contributed by atoms with Crippen molar-refractivity contribution >= 4 is 17.7 Å². The van der Waals surface area contributed by atoms with Gasteiger partial charge in [-0.05, 0) is 35.9 Å². The molecule has 0 heterocycles. The Labute approximate surface area is 143 Å². The second kappa shape index (κ2) is 8.68. The molecule has 0 aliphatic heterocycles. The number of ether oxygens (including phenoxy) is 3. The Balaban J connectivity index is 2.11. The van der Waals surface area contributed by atoms with Gasteiger partial charge in [0.25, 0.3) is 0 Å². The predicted octanol–water partition coefficient (Wildman–Crippen LogP) is 3.96. The quantitative estimate of drug-likeness (QED) is 0.769. The van der Waals surface area contributed by atoms with Gasteiger partial charge >= 0.3 is 6.61 Å². The molecule has 0 bridgehead atoms. The number of carbonyl (C=O) groups excluding carboxylic acids is 1. The summed E-state index contributed by atoms with van der Waals surface area (Å²) >= 11 is 0. The van der Waals surface area contributed by atoms with E-state index in [4.69, 9.17) is 9.47 Å². The maximum Gasteiger partial charge on any atom is 0.387 e. The third kappa shape index (κ3) is 5.49. The van der Waals surface area contributed by atoms with Gasteiger partial charge in [-0.15, -0.1) is 0 Å². The molecule has 0 unspecified atom stereocenters. The van der Waals surface area contributed by atoms with E-state index in [0.29, 0.717) is 17.1 Å². The Kier molecular flexibility index (Phi) is 6.33. The maximum absolute atomic E-state index is 12.4. The molecule has 7 heteroatoms. The van der Waals surface area contributed by atoms with E-state index >= 15 is 0 Å². The lowest BCUT2D eigenvalue weighted by atomic mass is 10.2. The number of anilines is 1. The Morgan fingerprint density at radius 3 is 2.32 bits per heavy atom. The molecule has 0 fully saturated rings. The molecule has 0 spiro atoms. The van der Waals surface area contributed by atoms with Crippen molar-refractivity contribution in [1.29, 1.82) is 0 Å². The first-order valence-electron chi connectivity index (χ1n) is 7.28. The Morgan fingerprint density at radius 2 is 1.72 bits per heavy atom. The molecule has 132 valence electrons. The molecule has 0 atom stereocenters. The summed E-state index contributed by atoms with van der Waals surface area (Å²) in [6.07, 6.45) is 2.82. The first kappa shape index (κ1) is 18.3. The number of hydrogen-bond donors (Lipinski definition) is 1. The minimum absolute atomic E-state index is 0.109. The van der Waals surface area contributed by atoms with Crippen molar-refractivity contribution in [2.75, 3.05) is 19.5 Å². The third-order valence-corrected chi connectivity index (χ3v) is 3.16. The van der Waals surface area contributed by atoms with Crippen LogP contribution < -0.4 is 19.5 Å². The van der Waals surface area contributed by atoms with Gasteiger partial charge in [0.05, 0.1) is 19.9 Å². The van der Waals surface area contributed by atoms with Crippen molar-refractivity contribution < 1.29 is 27.8 Å². The SMILES string of the molecule is COc1cc(/C=C/C(=O)Nc2ccccc2OC(F)F)cc(OC)c1. The zero-order chi connectivity index (χ0) is 18.2. The fourth-order valence-corrected chi connectivity index (χ4v) is 2.04. The van der Waals surface area contributed by atoms with Crippen molar-refractivity contribution in [1.82, 2.24) is 0 Å². The molecular formula is C18H17F2NO4. The molecule has 2 rings (SSSR count). The van der Waals surface area contributed by atoms with E-state index in [2.05, 4.69) is 10.1 Å². The third-order valence-electron chi connectivity index (χ3n) is 3.16. The van der Waals surface area contributed by atoms with Gasteiger partial charge in [0.2, 0.25) is 5.91 Å². The zero-order valence-corrected chi connectivity index (χ0v) is 13.7. The molecule has 0 radical (unpaired) electrons. The summed E-state index contributed by atoms with van der Waals surface area (Å²) in [6.45, 7) is -2.97. The standard InChI is InChI=1S/C18H17F2NO4/c1-23-13-9-12(10-14(11-13)24-2)7-8-17(22)21-15-5-3-4-6-16(15)25-18(19)20/h3-11,18H,1-2H3,(H,21,22)/b8-7+. The number of rotatable bonds is 7. The molecule has 0 aliphatic carbocycles. The van der Waals surface area contributed by atoms with E-state index in [-0.39, 0.29) is 11.4 Å². The number of methoxy groups -OCH3 is 2. The smallest absolute Gasteiger partial charge is 0.387 e. The van der Waals surface area contributed by atoms with Gasteiger partial charge in [0, 0.05) is 12.1 Å². The monoisotopic (exact) mass is 349 g/mol. The van der Waals surface area contributed by atoms with Crippen LogP contribution in [-0.2, 0) is 4.79 Å². The van der Waals surface area contributed by atoms with Crippen LogP contribution in [0.4, 0.5) is 14.5 Å². The van der Waals surface area contributed by atoms with Crippen LogP contribution in [0.2, 0.25) is 0 Å². The lowest BCUT2D eigenvalue weighted by Gasteiger charge is -2.10. The average molecular weight is 349 g/mol. The number of benzene rings is 2. The fourth-order valence-electron chi connectivity index (χ4n) is 2.04. The second-order valence-corrected chi connectivity index (χ2v) is 4.84. The molecule has 0 aromatic heterocycles. The van der Waals surface area contributed by atoms with E-state index in [1.807, 2.05) is 0 Å². The summed E-state index contributed by atoms with van der Waals surface area (Å²) in [6, 6.07) is 11.1. The van der Waals surface area contributed by atoms with Crippen LogP contribution in [0.25, 0.3) is 6.08 Å². The highest BCUT2D eigenvalue weighted by molar-refractivity contribution is 6.02. The fraction of sp³-hybridized carbons (Fsp3) is 0.167. The number of alkyl halides is 2. The van der Waals surface area contributed by atoms with Crippen molar-refractivity contribution in [3.63, 3.8) is 0 Å². The number of amides is 1. The van der Waals surface area contributed by atoms with Crippen LogP contribution in [0.3, 0.4) is 0 Å². The Morgan fingerprint density at radius 1 is 1.08 bits per heavy atom. The number of carbonyl (C=O) groups is 1. The molecule has 0 aliphatic rings. The first-order valence-corrected chi connectivity index (χ1v) is 7.28. The summed E-state index contributed by atoms with van der Waals surface area (Å²) < 4.78 is 39.4. The van der Waals surface area contributed by atoms with E-state index < -0.39 is 12.5 Å². The first-order chi connectivity index (χ1) is 12.0. The highest BCUT2D eigenvalue weighted by Crippen LogP contribution is 2.26. The minimum atomic E-state index is -2.97. The highest BCUT2D eigenvalue weighted by Gasteiger charge is 2.10. The van der Waals surface area contributed by atoms with Crippen molar-refractivity contribution in [3.8, 4) is 17.2 Å². The number of nitrogens with one attached hydrogen (secondary N) is 1. The minimum Gasteiger partial charge on any atom is -0.497 e. The predicted molar refractivity (Wildman–Crippen MR) is 90.3 cm³/mol. The summed E-state index contributed by atoms with van der Waals surface area (Å²) in [5.74, 6) is 0.555. The number of halogens is 2. The summed E-state index contributed by atoms with van der Waals surface area (Å²) in [5, 5.41) is 2.50. The molecule has 1 amide bonds. The number of hydrogen-bond acceptors (Lipinski definition) is 4. The second-order valence-electron chi connectivity index (χ2n) is 4.84. The molecule has 2 aromatic rings. The Hall–Kier alpha value is -3.09. The van der Waals surface area contributed by atoms with Crippen LogP contribution in [0.5, 0.6) is 17.2 Å². The Bertz CT molecular complexity index is 740. The maximum atomic E-state index is 12.4. The van der Waals surface area contributed by atoms with Gasteiger partial charge in [-0.1, -0.05) is 12.1 Å². The van der Waals surface area contributed by atoms with Crippen molar-refractivity contribution in [3.05, 3.63) is 54.1 Å². The van der Waals surface area contributed by atoms with E-state index in [0.717, 1.165) is 0 Å². The van der Waals surface area contributed by atoms with Gasteiger partial charge in [-0.2, -0.15) is 8.78 Å². The van der Waals surface area contributed by atoms with E-state index in [1.54, 1.807) is 30.3 Å². The van der Waals surface area contributed by atoms with Crippen molar-refractivity contribution in [2.45, 2.75) is 6.61 Å². The molecule has 25 heavy (non-hydrogen) atoms. The van der Waals surface area contributed by atoms with E-state index in [9.17, 15) is 13.6 Å². The average Bonchev–Trinajstić information content (AvgIpc) is 2.61. The highest BCUT2D eigenvalue weighted by atomic mass is 19.3. The van der Waals surface area contributed by atoms with Gasteiger partial charge in [-0.3, -0.25) is 4.79 Å². The van der Waals surface area contributed by atoms with Crippen LogP contribution >= 0.6 is 0 Å². The topological polar surface area (TPSA) is 56.8 Å². The molecule has 2 aromatic carbocycles. The number of para-hydroxylation sites is 2. The van der Waals surface area contributed by atoms with Crippen LogP contribution in [-0.4, -0.2) is 26.7 Å². The van der Waals surface area contributed by atoms with Gasteiger partial charge in [-0.25, -0.2) is 0 Å². The summed E-state index contributed by atoms with van der Waals surface area (Å²) in [5.41, 5.74) is 0.837. The molecule has 0 saturated carbocycles. The van der Waals surface area contributed by atoms with Crippen LogP contribution in [0.1, 0.15) is 5.56 Å². The molecule has 0 saturated heterocycles. The van der Waals surface area contributed by atoms with Crippen LogP contribution in [0, 0.1) is 0 Å². The lowest BCUT2D eigenvalue weighted by molar-refractivity contribution is -0.111. The van der Waals surface area contributed by atoms with Gasteiger partial charge in [0.15, 0.2) is 0 Å². The molecular weight excluding hydrogens is 332 g/mol.